The van der Waals surface area contributed by atoms with Gasteiger partial charge in [-0.25, -0.2) is 14.0 Å². The van der Waals surface area contributed by atoms with Crippen molar-refractivity contribution in [3.05, 3.63) is 59.3 Å². The second-order valence-corrected chi connectivity index (χ2v) is 5.34. The van der Waals surface area contributed by atoms with E-state index in [9.17, 15) is 9.59 Å². The van der Waals surface area contributed by atoms with Crippen LogP contribution >= 0.6 is 0 Å². The second kappa shape index (κ2) is 6.01. The molecule has 3 rings (SSSR count). The van der Waals surface area contributed by atoms with Crippen LogP contribution in [-0.2, 0) is 11.3 Å². The molecule has 1 aliphatic rings. The Morgan fingerprint density at radius 1 is 1.36 bits per heavy atom. The first-order valence-electron chi connectivity index (χ1n) is 7.33. The van der Waals surface area contributed by atoms with Crippen LogP contribution in [0.2, 0.25) is 0 Å². The average Bonchev–Trinajstić information content (AvgIpc) is 3.32. The standard InChI is InChI=1S/C16H18N4O2/c1-2-10-17-14(21)11-19-16(22)20(13-6-4-3-5-7-13)15(18-19)12-8-9-12/h2-7,12H,1,8-11H2,(H,17,21). The maximum atomic E-state index is 12.6. The molecule has 0 aliphatic heterocycles. The fraction of sp³-hybridized carbons (Fsp3) is 0.312. The third kappa shape index (κ3) is 2.86. The number of hydrogen-bond donors (Lipinski definition) is 1. The molecule has 1 N–H and O–H groups in total. The van der Waals surface area contributed by atoms with Gasteiger partial charge in [-0.05, 0) is 25.0 Å². The van der Waals surface area contributed by atoms with Crippen LogP contribution in [0.15, 0.2) is 47.8 Å². The summed E-state index contributed by atoms with van der Waals surface area (Å²) in [5.41, 5.74) is 0.508. The maximum Gasteiger partial charge on any atom is 0.351 e. The van der Waals surface area contributed by atoms with Crippen molar-refractivity contribution in [3.8, 4) is 5.69 Å². The minimum absolute atomic E-state index is 0.0772. The monoisotopic (exact) mass is 298 g/mol. The third-order valence-corrected chi connectivity index (χ3v) is 3.56. The highest BCUT2D eigenvalue weighted by Crippen LogP contribution is 2.39. The Bertz CT molecular complexity index is 741. The summed E-state index contributed by atoms with van der Waals surface area (Å²) in [7, 11) is 0. The van der Waals surface area contributed by atoms with Gasteiger partial charge in [0, 0.05) is 12.5 Å². The van der Waals surface area contributed by atoms with Gasteiger partial charge >= 0.3 is 5.69 Å². The maximum absolute atomic E-state index is 12.6. The lowest BCUT2D eigenvalue weighted by Gasteiger charge is -2.03. The van der Waals surface area contributed by atoms with E-state index in [1.807, 2.05) is 30.3 Å². The van der Waals surface area contributed by atoms with Crippen molar-refractivity contribution in [2.24, 2.45) is 0 Å². The molecule has 1 aromatic heterocycles. The normalized spacial score (nSPS) is 13.8. The Kier molecular flexibility index (Phi) is 3.91. The molecular weight excluding hydrogens is 280 g/mol. The number of aromatic nitrogens is 3. The van der Waals surface area contributed by atoms with Crippen LogP contribution in [0, 0.1) is 0 Å². The van der Waals surface area contributed by atoms with Crippen molar-refractivity contribution >= 4 is 5.91 Å². The molecule has 0 radical (unpaired) electrons. The molecular formula is C16H18N4O2. The molecule has 0 spiro atoms. The first-order chi connectivity index (χ1) is 10.7. The molecule has 1 amide bonds. The molecule has 0 atom stereocenters. The fourth-order valence-electron chi connectivity index (χ4n) is 2.33. The minimum atomic E-state index is -0.276. The molecule has 0 unspecified atom stereocenters. The Labute approximate surface area is 128 Å². The van der Waals surface area contributed by atoms with E-state index in [2.05, 4.69) is 17.0 Å². The van der Waals surface area contributed by atoms with E-state index in [0.29, 0.717) is 12.5 Å². The van der Waals surface area contributed by atoms with E-state index in [1.54, 1.807) is 10.6 Å². The van der Waals surface area contributed by atoms with Crippen molar-refractivity contribution in [1.82, 2.24) is 19.7 Å². The van der Waals surface area contributed by atoms with E-state index in [4.69, 9.17) is 0 Å². The molecule has 114 valence electrons. The zero-order valence-corrected chi connectivity index (χ0v) is 12.2. The molecule has 1 heterocycles. The number of carbonyl (C=O) groups is 1. The summed E-state index contributed by atoms with van der Waals surface area (Å²) >= 11 is 0. The smallest absolute Gasteiger partial charge is 0.351 e. The Morgan fingerprint density at radius 2 is 2.09 bits per heavy atom. The van der Waals surface area contributed by atoms with Crippen LogP contribution < -0.4 is 11.0 Å². The van der Waals surface area contributed by atoms with E-state index in [-0.39, 0.29) is 18.1 Å². The van der Waals surface area contributed by atoms with Gasteiger partial charge in [-0.2, -0.15) is 5.10 Å². The highest BCUT2D eigenvalue weighted by atomic mass is 16.2. The lowest BCUT2D eigenvalue weighted by atomic mass is 10.3. The largest absolute Gasteiger partial charge is 0.351 e. The summed E-state index contributed by atoms with van der Waals surface area (Å²) in [5.74, 6) is 0.806. The van der Waals surface area contributed by atoms with Gasteiger partial charge in [-0.3, -0.25) is 4.79 Å². The molecule has 0 saturated heterocycles. The van der Waals surface area contributed by atoms with Gasteiger partial charge in [0.1, 0.15) is 12.4 Å². The summed E-state index contributed by atoms with van der Waals surface area (Å²) < 4.78 is 2.84. The van der Waals surface area contributed by atoms with Crippen LogP contribution in [-0.4, -0.2) is 26.8 Å². The van der Waals surface area contributed by atoms with Crippen LogP contribution in [0.25, 0.3) is 5.69 Å². The van der Waals surface area contributed by atoms with Crippen molar-refractivity contribution in [2.75, 3.05) is 6.54 Å². The number of nitrogens with one attached hydrogen (secondary N) is 1. The number of hydrogen-bond acceptors (Lipinski definition) is 3. The van der Waals surface area contributed by atoms with E-state index < -0.39 is 0 Å². The van der Waals surface area contributed by atoms with Crippen molar-refractivity contribution in [2.45, 2.75) is 25.3 Å². The number of amides is 1. The van der Waals surface area contributed by atoms with E-state index in [0.717, 1.165) is 24.4 Å². The summed E-state index contributed by atoms with van der Waals surface area (Å²) in [4.78, 5) is 24.4. The lowest BCUT2D eigenvalue weighted by molar-refractivity contribution is -0.121. The molecule has 1 aromatic carbocycles. The third-order valence-electron chi connectivity index (χ3n) is 3.56. The Morgan fingerprint density at radius 3 is 2.73 bits per heavy atom. The number of carbonyl (C=O) groups excluding carboxylic acids is 1. The van der Waals surface area contributed by atoms with Gasteiger partial charge in [-0.15, -0.1) is 6.58 Å². The van der Waals surface area contributed by atoms with Crippen LogP contribution in [0.5, 0.6) is 0 Å². The zero-order chi connectivity index (χ0) is 15.5. The van der Waals surface area contributed by atoms with Crippen molar-refractivity contribution < 1.29 is 4.79 Å². The Balaban J connectivity index is 1.94. The second-order valence-electron chi connectivity index (χ2n) is 5.34. The number of rotatable bonds is 6. The van der Waals surface area contributed by atoms with Gasteiger partial charge < -0.3 is 5.32 Å². The predicted molar refractivity (Wildman–Crippen MR) is 83.0 cm³/mol. The number of nitrogens with zero attached hydrogens (tertiary/aromatic N) is 3. The molecule has 2 aromatic rings. The number of para-hydroxylation sites is 1. The van der Waals surface area contributed by atoms with E-state index >= 15 is 0 Å². The quantitative estimate of drug-likeness (QED) is 0.815. The average molecular weight is 298 g/mol. The van der Waals surface area contributed by atoms with E-state index in [1.165, 1.54) is 4.68 Å². The highest BCUT2D eigenvalue weighted by molar-refractivity contribution is 5.75. The van der Waals surface area contributed by atoms with Crippen LogP contribution in [0.1, 0.15) is 24.6 Å². The van der Waals surface area contributed by atoms with Crippen molar-refractivity contribution in [1.29, 1.82) is 0 Å². The topological polar surface area (TPSA) is 68.9 Å². The lowest BCUT2D eigenvalue weighted by Crippen LogP contribution is -2.33. The molecule has 6 heteroatoms. The number of benzene rings is 1. The van der Waals surface area contributed by atoms with Crippen molar-refractivity contribution in [3.63, 3.8) is 0 Å². The summed E-state index contributed by atoms with van der Waals surface area (Å²) in [6, 6.07) is 9.41. The summed E-state index contributed by atoms with van der Waals surface area (Å²) in [6.45, 7) is 3.84. The predicted octanol–water partition coefficient (Wildman–Crippen LogP) is 1.21. The van der Waals surface area contributed by atoms with Gasteiger partial charge in [-0.1, -0.05) is 24.3 Å². The summed E-state index contributed by atoms with van der Waals surface area (Å²) in [5, 5.41) is 7.03. The van der Waals surface area contributed by atoms with Gasteiger partial charge in [0.05, 0.1) is 5.69 Å². The minimum Gasteiger partial charge on any atom is -0.351 e. The molecule has 0 bridgehead atoms. The fourth-order valence-corrected chi connectivity index (χ4v) is 2.33. The van der Waals surface area contributed by atoms with Gasteiger partial charge in [0.2, 0.25) is 5.91 Å². The first-order valence-corrected chi connectivity index (χ1v) is 7.33. The van der Waals surface area contributed by atoms with Crippen LogP contribution in [0.3, 0.4) is 0 Å². The summed E-state index contributed by atoms with van der Waals surface area (Å²) in [6.07, 6.45) is 3.66. The first kappa shape index (κ1) is 14.3. The van der Waals surface area contributed by atoms with Gasteiger partial charge in [0.25, 0.3) is 0 Å². The van der Waals surface area contributed by atoms with Crippen LogP contribution in [0.4, 0.5) is 0 Å². The molecule has 1 aliphatic carbocycles. The zero-order valence-electron chi connectivity index (χ0n) is 12.2. The molecule has 22 heavy (non-hydrogen) atoms. The Hall–Kier alpha value is -2.63. The highest BCUT2D eigenvalue weighted by Gasteiger charge is 2.31. The molecule has 1 fully saturated rings. The SMILES string of the molecule is C=CCNC(=O)Cn1nc(C2CC2)n(-c2ccccc2)c1=O. The molecule has 1 saturated carbocycles. The van der Waals surface area contributed by atoms with Gasteiger partial charge in [0.15, 0.2) is 0 Å². The molecule has 6 nitrogen and oxygen atoms in total.